The van der Waals surface area contributed by atoms with E-state index in [0.29, 0.717) is 0 Å². The highest BCUT2D eigenvalue weighted by Gasteiger charge is 2.19. The van der Waals surface area contributed by atoms with Crippen LogP contribution in [0.2, 0.25) is 0 Å². The molecular formula is C48H31NS. The molecule has 0 saturated heterocycles. The molecule has 0 atom stereocenters. The minimum Gasteiger partial charge on any atom is -0.310 e. The molecule has 0 aliphatic rings. The molecule has 1 nitrogen and oxygen atoms in total. The lowest BCUT2D eigenvalue weighted by molar-refractivity contribution is 1.29. The number of nitrogens with zero attached hydrogens (tertiary/aromatic N) is 1. The van der Waals surface area contributed by atoms with Gasteiger partial charge in [0.15, 0.2) is 0 Å². The minimum atomic E-state index is 1.12. The van der Waals surface area contributed by atoms with E-state index in [4.69, 9.17) is 0 Å². The van der Waals surface area contributed by atoms with E-state index in [1.54, 1.807) is 0 Å². The second-order valence-corrected chi connectivity index (χ2v) is 14.0. The molecule has 1 aromatic heterocycles. The van der Waals surface area contributed by atoms with Gasteiger partial charge in [-0.25, -0.2) is 0 Å². The van der Waals surface area contributed by atoms with Crippen molar-refractivity contribution in [3.05, 3.63) is 188 Å². The second kappa shape index (κ2) is 11.7. The molecule has 0 amide bonds. The van der Waals surface area contributed by atoms with E-state index in [-0.39, 0.29) is 0 Å². The highest BCUT2D eigenvalue weighted by Crippen LogP contribution is 2.45. The molecule has 0 radical (unpaired) electrons. The van der Waals surface area contributed by atoms with Crippen LogP contribution in [-0.2, 0) is 0 Å². The molecule has 0 aliphatic heterocycles. The van der Waals surface area contributed by atoms with Crippen molar-refractivity contribution in [3.8, 4) is 22.3 Å². The summed E-state index contributed by atoms with van der Waals surface area (Å²) >= 11 is 1.86. The maximum absolute atomic E-state index is 2.42. The van der Waals surface area contributed by atoms with Crippen LogP contribution in [0.4, 0.5) is 17.1 Å². The standard InChI is InChI=1S/C48H31NS/c1-2-12-32(13-3-1)38-15-8-10-20-45(38)49(37-28-29-42-41-18-9-11-21-46(41)50-47(42)31-37)36-26-24-34(25-27-36)44-30-35-23-22-33-14-4-5-16-39(33)48(35)43-19-7-6-17-40(43)44/h1-31H. The third kappa shape index (κ3) is 4.69. The molecule has 0 N–H and O–H groups in total. The smallest absolute Gasteiger partial charge is 0.0540 e. The van der Waals surface area contributed by atoms with Gasteiger partial charge >= 0.3 is 0 Å². The SMILES string of the molecule is c1ccc(-c2ccccc2N(c2ccc(-c3cc4ccc5ccccc5c4c4ccccc34)cc2)c2ccc3c(c2)sc2ccccc23)cc1. The van der Waals surface area contributed by atoms with E-state index in [9.17, 15) is 0 Å². The maximum Gasteiger partial charge on any atom is 0.0540 e. The molecule has 0 bridgehead atoms. The average molecular weight is 654 g/mol. The highest BCUT2D eigenvalue weighted by atomic mass is 32.1. The van der Waals surface area contributed by atoms with Crippen LogP contribution in [0.3, 0.4) is 0 Å². The zero-order valence-corrected chi connectivity index (χ0v) is 28.1. The molecular weight excluding hydrogens is 623 g/mol. The molecule has 10 aromatic rings. The van der Waals surface area contributed by atoms with Gasteiger partial charge in [-0.2, -0.15) is 0 Å². The Morgan fingerprint density at radius 3 is 1.82 bits per heavy atom. The molecule has 1 heterocycles. The van der Waals surface area contributed by atoms with Crippen molar-refractivity contribution in [3.63, 3.8) is 0 Å². The van der Waals surface area contributed by atoms with E-state index in [1.807, 2.05) is 11.3 Å². The second-order valence-electron chi connectivity index (χ2n) is 12.9. The first-order valence-corrected chi connectivity index (χ1v) is 17.9. The van der Waals surface area contributed by atoms with Crippen molar-refractivity contribution in [1.29, 1.82) is 0 Å². The Morgan fingerprint density at radius 2 is 0.960 bits per heavy atom. The van der Waals surface area contributed by atoms with Crippen molar-refractivity contribution >= 4 is 80.9 Å². The minimum absolute atomic E-state index is 1.12. The van der Waals surface area contributed by atoms with Crippen molar-refractivity contribution in [1.82, 2.24) is 0 Å². The third-order valence-corrected chi connectivity index (χ3v) is 11.2. The van der Waals surface area contributed by atoms with Crippen molar-refractivity contribution in [2.75, 3.05) is 4.90 Å². The van der Waals surface area contributed by atoms with Crippen LogP contribution >= 0.6 is 11.3 Å². The van der Waals surface area contributed by atoms with Crippen LogP contribution in [0, 0.1) is 0 Å². The van der Waals surface area contributed by atoms with Gasteiger partial charge < -0.3 is 4.90 Å². The highest BCUT2D eigenvalue weighted by molar-refractivity contribution is 7.25. The zero-order valence-electron chi connectivity index (χ0n) is 27.3. The first-order valence-electron chi connectivity index (χ1n) is 17.1. The summed E-state index contributed by atoms with van der Waals surface area (Å²) in [5.74, 6) is 0. The molecule has 50 heavy (non-hydrogen) atoms. The van der Waals surface area contributed by atoms with Gasteiger partial charge in [0, 0.05) is 37.1 Å². The Hall–Kier alpha value is -6.22. The molecule has 9 aromatic carbocycles. The summed E-state index contributed by atoms with van der Waals surface area (Å²) in [5.41, 5.74) is 8.25. The van der Waals surface area contributed by atoms with Gasteiger partial charge in [-0.3, -0.25) is 0 Å². The number of hydrogen-bond acceptors (Lipinski definition) is 2. The lowest BCUT2D eigenvalue weighted by Gasteiger charge is -2.28. The predicted octanol–water partition coefficient (Wildman–Crippen LogP) is 14.3. The zero-order chi connectivity index (χ0) is 33.0. The predicted molar refractivity (Wildman–Crippen MR) is 217 cm³/mol. The number of para-hydroxylation sites is 1. The monoisotopic (exact) mass is 653 g/mol. The molecule has 0 saturated carbocycles. The van der Waals surface area contributed by atoms with E-state index in [2.05, 4.69) is 193 Å². The first kappa shape index (κ1) is 28.8. The van der Waals surface area contributed by atoms with Crippen LogP contribution in [0.15, 0.2) is 188 Å². The number of anilines is 3. The molecule has 2 heteroatoms. The fourth-order valence-electron chi connectivity index (χ4n) is 7.72. The summed E-state index contributed by atoms with van der Waals surface area (Å²) in [6.45, 7) is 0. The number of thiophene rings is 1. The lowest BCUT2D eigenvalue weighted by Crippen LogP contribution is -2.11. The van der Waals surface area contributed by atoms with Crippen molar-refractivity contribution < 1.29 is 0 Å². The fraction of sp³-hybridized carbons (Fsp3) is 0. The molecule has 0 fully saturated rings. The number of benzene rings is 9. The normalized spacial score (nSPS) is 11.6. The van der Waals surface area contributed by atoms with Crippen LogP contribution in [0.5, 0.6) is 0 Å². The quantitative estimate of drug-likeness (QED) is 0.167. The number of rotatable bonds is 5. The van der Waals surface area contributed by atoms with Crippen LogP contribution in [0.25, 0.3) is 74.7 Å². The van der Waals surface area contributed by atoms with Crippen molar-refractivity contribution in [2.24, 2.45) is 0 Å². The van der Waals surface area contributed by atoms with Gasteiger partial charge in [0.05, 0.1) is 5.69 Å². The van der Waals surface area contributed by atoms with Gasteiger partial charge in [-0.15, -0.1) is 11.3 Å². The molecule has 234 valence electrons. The topological polar surface area (TPSA) is 3.24 Å². The van der Waals surface area contributed by atoms with Gasteiger partial charge in [-0.1, -0.05) is 146 Å². The third-order valence-electron chi connectivity index (χ3n) is 10.0. The summed E-state index contributed by atoms with van der Waals surface area (Å²) in [6.07, 6.45) is 0. The molecule has 0 aliphatic carbocycles. The van der Waals surface area contributed by atoms with Gasteiger partial charge in [0.25, 0.3) is 0 Å². The Kier molecular flexibility index (Phi) is 6.75. The number of fused-ring (bicyclic) bond motifs is 8. The van der Waals surface area contributed by atoms with E-state index >= 15 is 0 Å². The van der Waals surface area contributed by atoms with Crippen LogP contribution in [-0.4, -0.2) is 0 Å². The molecule has 0 unspecified atom stereocenters. The fourth-order valence-corrected chi connectivity index (χ4v) is 8.86. The average Bonchev–Trinajstić information content (AvgIpc) is 3.56. The van der Waals surface area contributed by atoms with Crippen LogP contribution in [0.1, 0.15) is 0 Å². The molecule has 0 spiro atoms. The van der Waals surface area contributed by atoms with E-state index < -0.39 is 0 Å². The summed E-state index contributed by atoms with van der Waals surface area (Å²) < 4.78 is 2.61. The van der Waals surface area contributed by atoms with Crippen LogP contribution < -0.4 is 4.90 Å². The Labute approximate surface area is 294 Å². The van der Waals surface area contributed by atoms with Gasteiger partial charge in [0.1, 0.15) is 0 Å². The summed E-state index contributed by atoms with van der Waals surface area (Å²) in [4.78, 5) is 2.42. The first-order chi connectivity index (χ1) is 24.8. The number of hydrogen-bond donors (Lipinski definition) is 0. The summed E-state index contributed by atoms with van der Waals surface area (Å²) in [5, 5.41) is 10.3. The molecule has 10 rings (SSSR count). The summed E-state index contributed by atoms with van der Waals surface area (Å²) in [7, 11) is 0. The largest absolute Gasteiger partial charge is 0.310 e. The lowest BCUT2D eigenvalue weighted by atomic mass is 9.90. The summed E-state index contributed by atoms with van der Waals surface area (Å²) in [6, 6.07) is 68.7. The van der Waals surface area contributed by atoms with E-state index in [1.165, 1.54) is 74.7 Å². The Balaban J connectivity index is 1.15. The van der Waals surface area contributed by atoms with E-state index in [0.717, 1.165) is 17.1 Å². The van der Waals surface area contributed by atoms with Gasteiger partial charge in [-0.05, 0) is 91.5 Å². The Bertz CT molecular complexity index is 2870. The maximum atomic E-state index is 2.42. The van der Waals surface area contributed by atoms with Gasteiger partial charge in [0.2, 0.25) is 0 Å². The van der Waals surface area contributed by atoms with Crippen molar-refractivity contribution in [2.45, 2.75) is 0 Å². The Morgan fingerprint density at radius 1 is 0.340 bits per heavy atom.